The molecule has 4 rings (SSSR count). The van der Waals surface area contributed by atoms with E-state index in [0.29, 0.717) is 42.7 Å². The van der Waals surface area contributed by atoms with Gasteiger partial charge in [-0.3, -0.25) is 13.9 Å². The molecule has 2 aromatic heterocycles. The minimum Gasteiger partial charge on any atom is -0.312 e. The van der Waals surface area contributed by atoms with E-state index in [9.17, 15) is 14.0 Å². The highest BCUT2D eigenvalue weighted by Gasteiger charge is 2.29. The van der Waals surface area contributed by atoms with Crippen molar-refractivity contribution in [3.8, 4) is 0 Å². The van der Waals surface area contributed by atoms with Gasteiger partial charge in [0.2, 0.25) is 5.95 Å². The molecule has 0 spiro atoms. The number of benzene rings is 1. The van der Waals surface area contributed by atoms with Gasteiger partial charge in [0.05, 0.1) is 0 Å². The smallest absolute Gasteiger partial charge is 0.312 e. The third kappa shape index (κ3) is 3.26. The van der Waals surface area contributed by atoms with Crippen LogP contribution in [0.1, 0.15) is 27.2 Å². The van der Waals surface area contributed by atoms with E-state index < -0.39 is 0 Å². The quantitative estimate of drug-likeness (QED) is 0.677. The summed E-state index contributed by atoms with van der Waals surface area (Å²) in [5.41, 5.74) is 0.997. The minimum atomic E-state index is -0.347. The third-order valence-corrected chi connectivity index (χ3v) is 5.51. The van der Waals surface area contributed by atoms with Crippen LogP contribution >= 0.6 is 0 Å². The van der Waals surface area contributed by atoms with Crippen molar-refractivity contribution >= 4 is 22.8 Å². The zero-order chi connectivity index (χ0) is 20.9. The Kier molecular flexibility index (Phi) is 4.80. The van der Waals surface area contributed by atoms with E-state index in [4.69, 9.17) is 0 Å². The van der Waals surface area contributed by atoms with Crippen molar-refractivity contribution in [2.24, 2.45) is 18.9 Å². The first-order chi connectivity index (χ1) is 13.8. The van der Waals surface area contributed by atoms with E-state index in [1.165, 1.54) is 21.3 Å². The van der Waals surface area contributed by atoms with Crippen LogP contribution in [0.5, 0.6) is 0 Å². The fourth-order valence-corrected chi connectivity index (χ4v) is 3.93. The summed E-state index contributed by atoms with van der Waals surface area (Å²) in [4.78, 5) is 32.7. The molecule has 1 aliphatic heterocycles. The lowest BCUT2D eigenvalue weighted by molar-refractivity contribution is 0.455. The number of aromatic nitrogens is 4. The zero-order valence-electron chi connectivity index (χ0n) is 17.2. The molecule has 0 aliphatic carbocycles. The number of anilines is 2. The van der Waals surface area contributed by atoms with Crippen molar-refractivity contribution in [2.45, 2.75) is 40.3 Å². The van der Waals surface area contributed by atoms with E-state index in [0.717, 1.165) is 12.1 Å². The van der Waals surface area contributed by atoms with Gasteiger partial charge >= 0.3 is 5.69 Å². The Morgan fingerprint density at radius 2 is 1.86 bits per heavy atom. The molecule has 1 atom stereocenters. The first-order valence-electron chi connectivity index (χ1n) is 10.0. The van der Waals surface area contributed by atoms with Gasteiger partial charge in [-0.05, 0) is 42.5 Å². The molecular formula is C21H26FN5O2. The summed E-state index contributed by atoms with van der Waals surface area (Å²) in [5.74, 6) is 0.947. The maximum Gasteiger partial charge on any atom is 0.332 e. The topological polar surface area (TPSA) is 65.1 Å². The lowest BCUT2D eigenvalue weighted by Crippen LogP contribution is -2.40. The highest BCUT2D eigenvalue weighted by molar-refractivity contribution is 5.77. The highest BCUT2D eigenvalue weighted by atomic mass is 19.1. The van der Waals surface area contributed by atoms with Crippen LogP contribution < -0.4 is 16.1 Å². The Labute approximate surface area is 168 Å². The number of hydrogen-bond acceptors (Lipinski definition) is 4. The van der Waals surface area contributed by atoms with Crippen LogP contribution in [0.25, 0.3) is 11.2 Å². The largest absolute Gasteiger partial charge is 0.332 e. The Morgan fingerprint density at radius 3 is 2.52 bits per heavy atom. The van der Waals surface area contributed by atoms with Gasteiger partial charge in [0.1, 0.15) is 5.82 Å². The fourth-order valence-electron chi connectivity index (χ4n) is 3.93. The molecule has 0 N–H and O–H groups in total. The number of hydrogen-bond donors (Lipinski definition) is 0. The van der Waals surface area contributed by atoms with Gasteiger partial charge in [-0.15, -0.1) is 0 Å². The van der Waals surface area contributed by atoms with Crippen LogP contribution in [0.3, 0.4) is 0 Å². The lowest BCUT2D eigenvalue weighted by atomic mass is 10.1. The Hall–Kier alpha value is -2.90. The maximum absolute atomic E-state index is 13.4. The molecule has 8 heteroatoms. The van der Waals surface area contributed by atoms with Crippen LogP contribution in [0, 0.1) is 17.7 Å². The molecule has 0 bridgehead atoms. The second kappa shape index (κ2) is 7.17. The summed E-state index contributed by atoms with van der Waals surface area (Å²) in [6, 6.07) is 6.24. The Bertz CT molecular complexity index is 1170. The van der Waals surface area contributed by atoms with E-state index >= 15 is 0 Å². The molecule has 0 unspecified atom stereocenters. The number of rotatable bonds is 4. The number of nitrogens with zero attached hydrogens (tertiary/aromatic N) is 5. The molecule has 3 aromatic rings. The summed E-state index contributed by atoms with van der Waals surface area (Å²) >= 11 is 0. The predicted octanol–water partition coefficient (Wildman–Crippen LogP) is 2.87. The molecule has 0 amide bonds. The van der Waals surface area contributed by atoms with Crippen molar-refractivity contribution in [3.05, 3.63) is 50.9 Å². The van der Waals surface area contributed by atoms with Crippen molar-refractivity contribution < 1.29 is 4.39 Å². The molecule has 0 radical (unpaired) electrons. The second-order valence-electron chi connectivity index (χ2n) is 8.37. The molecule has 0 fully saturated rings. The maximum atomic E-state index is 13.4. The van der Waals surface area contributed by atoms with Gasteiger partial charge < -0.3 is 9.47 Å². The lowest BCUT2D eigenvalue weighted by Gasteiger charge is -2.32. The average molecular weight is 399 g/mol. The van der Waals surface area contributed by atoms with Crippen LogP contribution in [-0.2, 0) is 20.1 Å². The van der Waals surface area contributed by atoms with E-state index in [1.807, 2.05) is 9.47 Å². The van der Waals surface area contributed by atoms with Crippen molar-refractivity contribution in [3.63, 3.8) is 0 Å². The molecule has 1 aromatic carbocycles. The highest BCUT2D eigenvalue weighted by Crippen LogP contribution is 2.32. The second-order valence-corrected chi connectivity index (χ2v) is 8.37. The molecule has 154 valence electrons. The molecule has 7 nitrogen and oxygen atoms in total. The average Bonchev–Trinajstić information content (AvgIpc) is 3.05. The van der Waals surface area contributed by atoms with Crippen LogP contribution in [0.4, 0.5) is 16.0 Å². The van der Waals surface area contributed by atoms with Gasteiger partial charge in [-0.2, -0.15) is 4.98 Å². The third-order valence-electron chi connectivity index (χ3n) is 5.51. The molecule has 29 heavy (non-hydrogen) atoms. The van der Waals surface area contributed by atoms with E-state index in [2.05, 4.69) is 25.8 Å². The van der Waals surface area contributed by atoms with Crippen LogP contribution in [-0.4, -0.2) is 25.2 Å². The molecule has 0 saturated heterocycles. The van der Waals surface area contributed by atoms with E-state index in [1.54, 1.807) is 19.2 Å². The molecule has 3 heterocycles. The SMILES string of the molecule is CC(C)CCn1c(=O)c2c(nc3n2C[C@H](C)CN3c2ccc(F)cc2)n(C)c1=O. The first kappa shape index (κ1) is 19.4. The molecule has 0 saturated carbocycles. The number of aryl methyl sites for hydroxylation is 1. The van der Waals surface area contributed by atoms with E-state index in [-0.39, 0.29) is 23.0 Å². The summed E-state index contributed by atoms with van der Waals surface area (Å²) in [5, 5.41) is 0. The monoisotopic (exact) mass is 399 g/mol. The number of imidazole rings is 1. The molecule has 1 aliphatic rings. The number of fused-ring (bicyclic) bond motifs is 3. The number of halogens is 1. The van der Waals surface area contributed by atoms with Crippen LogP contribution in [0.15, 0.2) is 33.9 Å². The van der Waals surface area contributed by atoms with Gasteiger partial charge in [0.15, 0.2) is 11.2 Å². The van der Waals surface area contributed by atoms with Gasteiger partial charge in [0.25, 0.3) is 5.56 Å². The van der Waals surface area contributed by atoms with Crippen LogP contribution in [0.2, 0.25) is 0 Å². The first-order valence-corrected chi connectivity index (χ1v) is 10.0. The summed E-state index contributed by atoms with van der Waals surface area (Å²) < 4.78 is 18.1. The predicted molar refractivity (Wildman–Crippen MR) is 111 cm³/mol. The van der Waals surface area contributed by atoms with Gasteiger partial charge in [0, 0.05) is 32.4 Å². The molecular weight excluding hydrogens is 373 g/mol. The van der Waals surface area contributed by atoms with Gasteiger partial charge in [-0.1, -0.05) is 20.8 Å². The van der Waals surface area contributed by atoms with Crippen molar-refractivity contribution in [1.82, 2.24) is 18.7 Å². The van der Waals surface area contributed by atoms with Crippen molar-refractivity contribution in [2.75, 3.05) is 11.4 Å². The standard InChI is InChI=1S/C21H26FN5O2/c1-13(2)9-10-25-19(28)17-18(24(4)21(25)29)23-20-26(11-14(3)12-27(17)20)16-7-5-15(22)6-8-16/h5-8,13-14H,9-12H2,1-4H3/t14-/m1/s1. The Morgan fingerprint density at radius 1 is 1.17 bits per heavy atom. The van der Waals surface area contributed by atoms with Crippen molar-refractivity contribution in [1.29, 1.82) is 0 Å². The summed E-state index contributed by atoms with van der Waals surface area (Å²) in [7, 11) is 1.65. The summed E-state index contributed by atoms with van der Waals surface area (Å²) in [6.07, 6.45) is 0.750. The van der Waals surface area contributed by atoms with Gasteiger partial charge in [-0.25, -0.2) is 9.18 Å². The Balaban J connectivity index is 1.94. The minimum absolute atomic E-state index is 0.255. The summed E-state index contributed by atoms with van der Waals surface area (Å²) in [6.45, 7) is 7.96. The normalized spacial score (nSPS) is 16.6. The zero-order valence-corrected chi connectivity index (χ0v) is 17.2. The fraction of sp³-hybridized carbons (Fsp3) is 0.476.